The normalized spacial score (nSPS) is 20.4. The number of rotatable bonds is 13. The van der Waals surface area contributed by atoms with Crippen LogP contribution < -0.4 is 4.90 Å². The van der Waals surface area contributed by atoms with E-state index in [-0.39, 0.29) is 48.9 Å². The summed E-state index contributed by atoms with van der Waals surface area (Å²) < 4.78 is 58.7. The fraction of sp³-hybridized carbons (Fsp3) is 0.293. The number of carbonyl (C=O) groups is 3. The molecule has 2 amide bonds. The minimum absolute atomic E-state index is 0.00385. The Kier molecular flexibility index (Phi) is 12.2. The van der Waals surface area contributed by atoms with Crippen molar-refractivity contribution < 1.29 is 41.4 Å². The predicted molar refractivity (Wildman–Crippen MR) is 226 cm³/mol. The largest absolute Gasteiger partial charge is 0.480 e. The number of aliphatic carboxylic acids is 1. The highest BCUT2D eigenvalue weighted by Gasteiger charge is 2.48. The summed E-state index contributed by atoms with van der Waals surface area (Å²) in [5.41, 5.74) is 1.23. The maximum atomic E-state index is 14.4. The second-order valence-electron chi connectivity index (χ2n) is 14.4. The molecule has 0 aromatic heterocycles. The van der Waals surface area contributed by atoms with Gasteiger partial charge in [-0.15, -0.1) is 0 Å². The summed E-state index contributed by atoms with van der Waals surface area (Å²) in [7, 11) is -2.80. The number of sulfonamides is 2. The molecule has 0 bridgehead atoms. The average molecular weight is 863 g/mol. The van der Waals surface area contributed by atoms with Crippen LogP contribution in [0.3, 0.4) is 0 Å². The number of benzene rings is 5. The number of anilines is 1. The Labute approximate surface area is 345 Å². The SMILES string of the molecule is CN(CC(=O)N(C)c1ccc(CO)cc1)C(=O)[C@@H]1C[C@@H](SS[C@@H]2C[C@@H](C(=O)O)N(S(=O)(=O)c3ccc4ccccc4c3)C2)CN1S(=O)(=O)c1ccc2ccccc2c1. The first-order valence-corrected chi connectivity index (χ1v) is 23.6. The van der Waals surface area contributed by atoms with E-state index in [0.717, 1.165) is 15.1 Å². The Morgan fingerprint density at radius 1 is 0.672 bits per heavy atom. The van der Waals surface area contributed by atoms with Crippen LogP contribution in [0.1, 0.15) is 18.4 Å². The molecule has 17 heteroatoms. The van der Waals surface area contributed by atoms with Crippen LogP contribution in [0.25, 0.3) is 21.5 Å². The van der Waals surface area contributed by atoms with Gasteiger partial charge in [0, 0.05) is 43.4 Å². The number of hydrogen-bond acceptors (Lipinski definition) is 10. The molecule has 304 valence electrons. The molecular weight excluding hydrogens is 821 g/mol. The molecule has 5 aromatic carbocycles. The third-order valence-electron chi connectivity index (χ3n) is 10.6. The van der Waals surface area contributed by atoms with Crippen molar-refractivity contribution in [2.75, 3.05) is 38.6 Å². The first kappa shape index (κ1) is 41.7. The monoisotopic (exact) mass is 862 g/mol. The lowest BCUT2D eigenvalue weighted by atomic mass is 10.1. The number of likely N-dealkylation sites (N-methyl/N-ethyl adjacent to an activating group) is 2. The summed E-state index contributed by atoms with van der Waals surface area (Å²) in [6, 6.07) is 28.4. The molecule has 2 heterocycles. The molecule has 4 atom stereocenters. The molecule has 13 nitrogen and oxygen atoms in total. The van der Waals surface area contributed by atoms with Gasteiger partial charge in [-0.25, -0.2) is 16.8 Å². The fourth-order valence-electron chi connectivity index (χ4n) is 7.35. The number of fused-ring (bicyclic) bond motifs is 2. The first-order valence-electron chi connectivity index (χ1n) is 18.4. The van der Waals surface area contributed by atoms with Crippen LogP contribution >= 0.6 is 21.6 Å². The van der Waals surface area contributed by atoms with E-state index in [1.165, 1.54) is 60.9 Å². The lowest BCUT2D eigenvalue weighted by Crippen LogP contribution is -2.49. The minimum atomic E-state index is -4.23. The number of carboxylic acid groups (broad SMARTS) is 1. The molecule has 58 heavy (non-hydrogen) atoms. The predicted octanol–water partition coefficient (Wildman–Crippen LogP) is 5.04. The summed E-state index contributed by atoms with van der Waals surface area (Å²) in [4.78, 5) is 42.6. The van der Waals surface area contributed by atoms with Gasteiger partial charge in [-0.3, -0.25) is 14.4 Å². The van der Waals surface area contributed by atoms with Crippen LogP contribution in [-0.4, -0.2) is 115 Å². The highest BCUT2D eigenvalue weighted by molar-refractivity contribution is 8.77. The highest BCUT2D eigenvalue weighted by atomic mass is 33.1. The Balaban J connectivity index is 1.09. The average Bonchev–Trinajstić information content (AvgIpc) is 3.88. The lowest BCUT2D eigenvalue weighted by molar-refractivity contribution is -0.140. The zero-order chi connectivity index (χ0) is 41.4. The van der Waals surface area contributed by atoms with Crippen LogP contribution in [0.4, 0.5) is 5.69 Å². The molecule has 2 N–H and O–H groups in total. The van der Waals surface area contributed by atoms with Gasteiger partial charge in [-0.05, 0) is 76.3 Å². The number of carboxylic acids is 1. The van der Waals surface area contributed by atoms with Crippen molar-refractivity contribution in [3.05, 3.63) is 115 Å². The highest BCUT2D eigenvalue weighted by Crippen LogP contribution is 2.44. The van der Waals surface area contributed by atoms with Crippen LogP contribution in [0.2, 0.25) is 0 Å². The Morgan fingerprint density at radius 2 is 1.14 bits per heavy atom. The Morgan fingerprint density at radius 3 is 1.62 bits per heavy atom. The van der Waals surface area contributed by atoms with Crippen molar-refractivity contribution in [2.45, 2.75) is 51.8 Å². The first-order chi connectivity index (χ1) is 27.7. The fourth-order valence-corrected chi connectivity index (χ4v) is 13.9. The maximum absolute atomic E-state index is 14.4. The van der Waals surface area contributed by atoms with E-state index in [9.17, 15) is 41.4 Å². The number of carbonyl (C=O) groups excluding carboxylic acids is 2. The minimum Gasteiger partial charge on any atom is -0.480 e. The van der Waals surface area contributed by atoms with Crippen molar-refractivity contribution in [1.29, 1.82) is 0 Å². The van der Waals surface area contributed by atoms with E-state index in [1.54, 1.807) is 73.8 Å². The second kappa shape index (κ2) is 17.0. The van der Waals surface area contributed by atoms with Crippen molar-refractivity contribution in [1.82, 2.24) is 13.5 Å². The van der Waals surface area contributed by atoms with Gasteiger partial charge >= 0.3 is 5.97 Å². The molecule has 2 aliphatic rings. The van der Waals surface area contributed by atoms with Crippen LogP contribution in [0.15, 0.2) is 119 Å². The smallest absolute Gasteiger partial charge is 0.322 e. The molecule has 7 rings (SSSR count). The second-order valence-corrected chi connectivity index (χ2v) is 21.1. The summed E-state index contributed by atoms with van der Waals surface area (Å²) in [6.45, 7) is -0.595. The standard InChI is InChI=1S/C41H42N4O9S4/c1-42(25-39(47)43(2)32-15-11-27(26-46)12-16-32)40(48)37-21-33(23-44(37)57(51,52)35-17-13-28-7-3-5-9-30(28)19-35)55-56-34-22-38(41(49)50)45(24-34)58(53,54)36-18-14-29-8-4-6-10-31(29)20-36/h3-20,33-34,37-38,46H,21-26H2,1-2H3,(H,49,50)/t33-,34-,37+,38+/m1/s1. The van der Waals surface area contributed by atoms with Gasteiger partial charge in [0.25, 0.3) is 0 Å². The van der Waals surface area contributed by atoms with Gasteiger partial charge in [0.1, 0.15) is 12.1 Å². The van der Waals surface area contributed by atoms with Crippen LogP contribution in [-0.2, 0) is 41.0 Å². The number of nitrogens with zero attached hydrogens (tertiary/aromatic N) is 4. The van der Waals surface area contributed by atoms with Gasteiger partial charge in [-0.2, -0.15) is 8.61 Å². The van der Waals surface area contributed by atoms with Gasteiger partial charge in [0.15, 0.2) is 0 Å². The lowest BCUT2D eigenvalue weighted by Gasteiger charge is -2.28. The van der Waals surface area contributed by atoms with E-state index in [0.29, 0.717) is 22.0 Å². The number of aliphatic hydroxyl groups is 1. The summed E-state index contributed by atoms with van der Waals surface area (Å²) in [5, 5.41) is 21.7. The van der Waals surface area contributed by atoms with E-state index in [4.69, 9.17) is 0 Å². The van der Waals surface area contributed by atoms with E-state index >= 15 is 0 Å². The third kappa shape index (κ3) is 8.48. The molecule has 2 aliphatic heterocycles. The summed E-state index contributed by atoms with van der Waals surface area (Å²) >= 11 is 0. The Hall–Kier alpha value is -4.49. The quantitative estimate of drug-likeness (QED) is 0.152. The number of amides is 2. The van der Waals surface area contributed by atoms with Crippen molar-refractivity contribution in [3.8, 4) is 0 Å². The van der Waals surface area contributed by atoms with Gasteiger partial charge < -0.3 is 20.0 Å². The number of aliphatic hydroxyl groups excluding tert-OH is 1. The molecule has 0 aliphatic carbocycles. The molecule has 0 spiro atoms. The van der Waals surface area contributed by atoms with Gasteiger partial charge in [0.2, 0.25) is 31.9 Å². The zero-order valence-electron chi connectivity index (χ0n) is 31.6. The van der Waals surface area contributed by atoms with Crippen molar-refractivity contribution in [3.63, 3.8) is 0 Å². The summed E-state index contributed by atoms with van der Waals surface area (Å²) in [5.74, 6) is -2.23. The van der Waals surface area contributed by atoms with Crippen molar-refractivity contribution in [2.24, 2.45) is 0 Å². The molecule has 0 radical (unpaired) electrons. The van der Waals surface area contributed by atoms with Crippen LogP contribution in [0.5, 0.6) is 0 Å². The molecule has 2 saturated heterocycles. The van der Waals surface area contributed by atoms with Crippen molar-refractivity contribution >= 4 is 86.7 Å². The topological polar surface area (TPSA) is 173 Å². The maximum Gasteiger partial charge on any atom is 0.322 e. The molecule has 0 unspecified atom stereocenters. The van der Waals surface area contributed by atoms with E-state index in [2.05, 4.69) is 0 Å². The molecule has 2 fully saturated rings. The van der Waals surface area contributed by atoms with E-state index < -0.39 is 60.4 Å². The van der Waals surface area contributed by atoms with E-state index in [1.807, 2.05) is 24.3 Å². The van der Waals surface area contributed by atoms with Gasteiger partial charge in [-0.1, -0.05) is 94.4 Å². The number of hydrogen-bond donors (Lipinski definition) is 2. The van der Waals surface area contributed by atoms with Gasteiger partial charge in [0.05, 0.1) is 22.9 Å². The molecule has 5 aromatic rings. The Bertz CT molecular complexity index is 2590. The van der Waals surface area contributed by atoms with Crippen LogP contribution in [0, 0.1) is 0 Å². The summed E-state index contributed by atoms with van der Waals surface area (Å²) in [6.07, 6.45) is 0.142. The molecule has 0 saturated carbocycles. The molecular formula is C41H42N4O9S4. The zero-order valence-corrected chi connectivity index (χ0v) is 34.9. The third-order valence-corrected chi connectivity index (χ3v) is 17.7.